The van der Waals surface area contributed by atoms with Crippen LogP contribution >= 0.6 is 0 Å². The van der Waals surface area contributed by atoms with Crippen molar-refractivity contribution in [1.29, 1.82) is 0 Å². The third kappa shape index (κ3) is 15.6. The average molecular weight is 310 g/mol. The molecule has 0 saturated heterocycles. The van der Waals surface area contributed by atoms with Crippen LogP contribution in [0.1, 0.15) is 104 Å². The second kappa shape index (κ2) is 16.6. The lowest BCUT2D eigenvalue weighted by atomic mass is 10.0. The molecular formula is C20H39NO. The molecule has 0 saturated carbocycles. The van der Waals surface area contributed by atoms with Crippen LogP contribution in [0.2, 0.25) is 0 Å². The fourth-order valence-electron chi connectivity index (χ4n) is 2.84. The van der Waals surface area contributed by atoms with Crippen LogP contribution in [0.15, 0.2) is 12.7 Å². The molecule has 0 aliphatic heterocycles. The van der Waals surface area contributed by atoms with Gasteiger partial charge in [-0.3, -0.25) is 4.79 Å². The molecule has 1 N–H and O–H groups in total. The summed E-state index contributed by atoms with van der Waals surface area (Å²) in [6.07, 6.45) is 20.4. The Hall–Kier alpha value is -0.790. The van der Waals surface area contributed by atoms with Crippen LogP contribution in [0.4, 0.5) is 0 Å². The van der Waals surface area contributed by atoms with Crippen LogP contribution < -0.4 is 5.32 Å². The van der Waals surface area contributed by atoms with Crippen molar-refractivity contribution in [1.82, 2.24) is 5.32 Å². The van der Waals surface area contributed by atoms with E-state index in [0.29, 0.717) is 0 Å². The van der Waals surface area contributed by atoms with Gasteiger partial charge in [-0.25, -0.2) is 0 Å². The Morgan fingerprint density at radius 1 is 0.864 bits per heavy atom. The van der Waals surface area contributed by atoms with E-state index in [-0.39, 0.29) is 11.9 Å². The van der Waals surface area contributed by atoms with Crippen LogP contribution in [0.5, 0.6) is 0 Å². The van der Waals surface area contributed by atoms with Crippen LogP contribution in [-0.4, -0.2) is 11.9 Å². The lowest BCUT2D eigenvalue weighted by molar-refractivity contribution is -0.117. The molecule has 0 aromatic rings. The van der Waals surface area contributed by atoms with E-state index in [1.54, 1.807) is 0 Å². The van der Waals surface area contributed by atoms with Crippen molar-refractivity contribution in [3.8, 4) is 0 Å². The zero-order chi connectivity index (χ0) is 16.5. The molecule has 0 aromatic carbocycles. The summed E-state index contributed by atoms with van der Waals surface area (Å²) in [5.74, 6) is -0.0535. The third-order valence-corrected chi connectivity index (χ3v) is 4.31. The smallest absolute Gasteiger partial charge is 0.243 e. The van der Waals surface area contributed by atoms with Gasteiger partial charge in [-0.1, -0.05) is 97.0 Å². The summed E-state index contributed by atoms with van der Waals surface area (Å²) in [4.78, 5) is 11.1. The number of nitrogens with one attached hydrogen (secondary N) is 1. The van der Waals surface area contributed by atoms with Crippen molar-refractivity contribution in [3.63, 3.8) is 0 Å². The molecule has 0 fully saturated rings. The van der Waals surface area contributed by atoms with Gasteiger partial charge in [0.15, 0.2) is 0 Å². The van der Waals surface area contributed by atoms with E-state index in [1.807, 2.05) is 0 Å². The second-order valence-electron chi connectivity index (χ2n) is 6.65. The predicted molar refractivity (Wildman–Crippen MR) is 98.1 cm³/mol. The second-order valence-corrected chi connectivity index (χ2v) is 6.65. The van der Waals surface area contributed by atoms with Crippen molar-refractivity contribution in [2.45, 2.75) is 110 Å². The number of rotatable bonds is 16. The number of unbranched alkanes of at least 4 members (excludes halogenated alkanes) is 12. The molecule has 130 valence electrons. The molecule has 0 radical (unpaired) electrons. The predicted octanol–water partition coefficient (Wildman–Crippen LogP) is 6.16. The summed E-state index contributed by atoms with van der Waals surface area (Å²) >= 11 is 0. The highest BCUT2D eigenvalue weighted by Gasteiger charge is 2.03. The average Bonchev–Trinajstić information content (AvgIpc) is 2.51. The van der Waals surface area contributed by atoms with Gasteiger partial charge in [0.1, 0.15) is 0 Å². The summed E-state index contributed by atoms with van der Waals surface area (Å²) in [5, 5.41) is 2.92. The van der Waals surface area contributed by atoms with E-state index in [1.165, 1.54) is 89.5 Å². The van der Waals surface area contributed by atoms with E-state index in [2.05, 4.69) is 25.7 Å². The van der Waals surface area contributed by atoms with Gasteiger partial charge in [-0.05, 0) is 19.4 Å². The Balaban J connectivity index is 3.14. The summed E-state index contributed by atoms with van der Waals surface area (Å²) in [5.41, 5.74) is 0. The molecular weight excluding hydrogens is 270 g/mol. The van der Waals surface area contributed by atoms with Gasteiger partial charge in [0.25, 0.3) is 0 Å². The molecule has 2 nitrogen and oxygen atoms in total. The highest BCUT2D eigenvalue weighted by molar-refractivity contribution is 5.87. The van der Waals surface area contributed by atoms with E-state index in [9.17, 15) is 4.79 Å². The first-order valence-electron chi connectivity index (χ1n) is 9.63. The van der Waals surface area contributed by atoms with Gasteiger partial charge in [0, 0.05) is 6.04 Å². The van der Waals surface area contributed by atoms with E-state index in [0.717, 1.165) is 6.42 Å². The standard InChI is InChI=1S/C20H39NO/c1-4-6-7-8-9-10-11-12-13-14-15-16-17-18-19(3)21-20(22)5-2/h5,19H,2,4,6-18H2,1,3H3,(H,21,22). The molecule has 0 aliphatic rings. The van der Waals surface area contributed by atoms with E-state index >= 15 is 0 Å². The maximum absolute atomic E-state index is 11.1. The minimum Gasteiger partial charge on any atom is -0.350 e. The topological polar surface area (TPSA) is 29.1 Å². The van der Waals surface area contributed by atoms with Crippen LogP contribution in [0.25, 0.3) is 0 Å². The Morgan fingerprint density at radius 2 is 1.27 bits per heavy atom. The number of carbonyl (C=O) groups excluding carboxylic acids is 1. The molecule has 0 bridgehead atoms. The Labute approximate surface area is 139 Å². The highest BCUT2D eigenvalue weighted by atomic mass is 16.1. The molecule has 2 heteroatoms. The van der Waals surface area contributed by atoms with Gasteiger partial charge < -0.3 is 5.32 Å². The number of hydrogen-bond donors (Lipinski definition) is 1. The number of hydrogen-bond acceptors (Lipinski definition) is 1. The first-order valence-corrected chi connectivity index (χ1v) is 9.63. The van der Waals surface area contributed by atoms with Crippen molar-refractivity contribution in [2.24, 2.45) is 0 Å². The minimum atomic E-state index is -0.0535. The van der Waals surface area contributed by atoms with Gasteiger partial charge in [0.2, 0.25) is 5.91 Å². The van der Waals surface area contributed by atoms with Gasteiger partial charge in [-0.2, -0.15) is 0 Å². The lowest BCUT2D eigenvalue weighted by Gasteiger charge is -2.11. The van der Waals surface area contributed by atoms with Gasteiger partial charge in [0.05, 0.1) is 0 Å². The Morgan fingerprint density at radius 3 is 1.68 bits per heavy atom. The van der Waals surface area contributed by atoms with E-state index < -0.39 is 0 Å². The van der Waals surface area contributed by atoms with Crippen LogP contribution in [0, 0.1) is 0 Å². The molecule has 22 heavy (non-hydrogen) atoms. The maximum atomic E-state index is 11.1. The zero-order valence-corrected chi connectivity index (χ0v) is 15.2. The summed E-state index contributed by atoms with van der Waals surface area (Å²) in [6.45, 7) is 7.82. The third-order valence-electron chi connectivity index (χ3n) is 4.31. The molecule has 0 rings (SSSR count). The SMILES string of the molecule is C=CC(=O)NC(C)CCCCCCCCCCCCCCC. The summed E-state index contributed by atoms with van der Waals surface area (Å²) in [7, 11) is 0. The van der Waals surface area contributed by atoms with E-state index in [4.69, 9.17) is 0 Å². The first kappa shape index (κ1) is 21.2. The fourth-order valence-corrected chi connectivity index (χ4v) is 2.84. The quantitative estimate of drug-likeness (QED) is 0.268. The largest absolute Gasteiger partial charge is 0.350 e. The molecule has 1 atom stereocenters. The monoisotopic (exact) mass is 309 g/mol. The first-order chi connectivity index (χ1) is 10.7. The molecule has 0 spiro atoms. The van der Waals surface area contributed by atoms with Crippen molar-refractivity contribution >= 4 is 5.91 Å². The van der Waals surface area contributed by atoms with Gasteiger partial charge >= 0.3 is 0 Å². The fraction of sp³-hybridized carbons (Fsp3) is 0.850. The van der Waals surface area contributed by atoms with Crippen molar-refractivity contribution in [3.05, 3.63) is 12.7 Å². The molecule has 0 heterocycles. The maximum Gasteiger partial charge on any atom is 0.243 e. The molecule has 0 aliphatic carbocycles. The Kier molecular flexibility index (Phi) is 16.0. The summed E-state index contributed by atoms with van der Waals surface area (Å²) in [6, 6.07) is 0.276. The molecule has 1 unspecified atom stereocenters. The van der Waals surface area contributed by atoms with Gasteiger partial charge in [-0.15, -0.1) is 0 Å². The Bertz CT molecular complexity index is 262. The lowest BCUT2D eigenvalue weighted by Crippen LogP contribution is -2.30. The highest BCUT2D eigenvalue weighted by Crippen LogP contribution is 2.13. The van der Waals surface area contributed by atoms with Crippen molar-refractivity contribution in [2.75, 3.05) is 0 Å². The minimum absolute atomic E-state index is 0.0535. The van der Waals surface area contributed by atoms with Crippen LogP contribution in [0.3, 0.4) is 0 Å². The van der Waals surface area contributed by atoms with Crippen LogP contribution in [-0.2, 0) is 4.79 Å². The number of amides is 1. The summed E-state index contributed by atoms with van der Waals surface area (Å²) < 4.78 is 0. The van der Waals surface area contributed by atoms with Crippen molar-refractivity contribution < 1.29 is 4.79 Å². The number of carbonyl (C=O) groups is 1. The zero-order valence-electron chi connectivity index (χ0n) is 15.2. The molecule has 0 aromatic heterocycles. The normalized spacial score (nSPS) is 12.1. The molecule has 1 amide bonds.